The zero-order chi connectivity index (χ0) is 11.5. The van der Waals surface area contributed by atoms with Crippen LogP contribution in [0.25, 0.3) is 0 Å². The Morgan fingerprint density at radius 1 is 1.38 bits per heavy atom. The number of rotatable bonds is 3. The Morgan fingerprint density at radius 2 is 2.06 bits per heavy atom. The molecule has 0 saturated heterocycles. The summed E-state index contributed by atoms with van der Waals surface area (Å²) in [7, 11) is 0. The number of aliphatic hydroxyl groups excluding tert-OH is 1. The molecule has 1 aliphatic rings. The molecule has 0 aliphatic carbocycles. The number of ether oxygens (including phenoxy) is 1. The molecule has 1 heterocycles. The minimum atomic E-state index is -0.167. The van der Waals surface area contributed by atoms with Crippen molar-refractivity contribution in [2.24, 2.45) is 4.99 Å². The van der Waals surface area contributed by atoms with Gasteiger partial charge in [0.2, 0.25) is 0 Å². The highest BCUT2D eigenvalue weighted by Crippen LogP contribution is 2.29. The lowest BCUT2D eigenvalue weighted by atomic mass is 10.0. The summed E-state index contributed by atoms with van der Waals surface area (Å²) in [5.74, 6) is 0.651. The summed E-state index contributed by atoms with van der Waals surface area (Å²) in [6.45, 7) is 1.84. The Labute approximate surface area is 99.5 Å². The maximum Gasteiger partial charge on any atom is 0.181 e. The van der Waals surface area contributed by atoms with Crippen LogP contribution < -0.4 is 0 Å². The second-order valence-corrected chi connectivity index (χ2v) is 4.59. The minimum Gasteiger partial charge on any atom is -0.471 e. The SMILES string of the molecule is CSc1ccc([C@H]2OC(C)=N[C@@H]2CO)cc1. The average Bonchev–Trinajstić information content (AvgIpc) is 2.70. The molecule has 1 N–H and O–H groups in total. The summed E-state index contributed by atoms with van der Waals surface area (Å²) < 4.78 is 5.61. The maximum absolute atomic E-state index is 9.23. The van der Waals surface area contributed by atoms with E-state index < -0.39 is 0 Å². The monoisotopic (exact) mass is 237 g/mol. The van der Waals surface area contributed by atoms with Crippen LogP contribution in [0.3, 0.4) is 0 Å². The molecule has 0 fully saturated rings. The summed E-state index contributed by atoms with van der Waals surface area (Å²) >= 11 is 1.71. The van der Waals surface area contributed by atoms with Crippen LogP contribution in [-0.4, -0.2) is 29.9 Å². The third-order valence-corrected chi connectivity index (χ3v) is 3.37. The molecule has 0 unspecified atom stereocenters. The summed E-state index contributed by atoms with van der Waals surface area (Å²) in [5, 5.41) is 9.23. The van der Waals surface area contributed by atoms with Crippen molar-refractivity contribution < 1.29 is 9.84 Å². The molecule has 0 radical (unpaired) electrons. The van der Waals surface area contributed by atoms with E-state index in [1.807, 2.05) is 25.3 Å². The fourth-order valence-electron chi connectivity index (χ4n) is 1.81. The number of nitrogens with zero attached hydrogens (tertiary/aromatic N) is 1. The van der Waals surface area contributed by atoms with Crippen molar-refractivity contribution in [3.05, 3.63) is 29.8 Å². The Bertz CT molecular complexity index is 389. The largest absolute Gasteiger partial charge is 0.471 e. The molecule has 86 valence electrons. The van der Waals surface area contributed by atoms with Crippen LogP contribution in [0.5, 0.6) is 0 Å². The number of hydrogen-bond donors (Lipinski definition) is 1. The van der Waals surface area contributed by atoms with Crippen LogP contribution in [0.1, 0.15) is 18.6 Å². The molecule has 0 saturated carbocycles. The zero-order valence-electron chi connectivity index (χ0n) is 9.38. The van der Waals surface area contributed by atoms with Crippen LogP contribution in [0.4, 0.5) is 0 Å². The van der Waals surface area contributed by atoms with Gasteiger partial charge < -0.3 is 9.84 Å². The highest BCUT2D eigenvalue weighted by molar-refractivity contribution is 7.98. The van der Waals surface area contributed by atoms with E-state index in [0.717, 1.165) is 5.56 Å². The number of thioether (sulfide) groups is 1. The van der Waals surface area contributed by atoms with Gasteiger partial charge in [0.25, 0.3) is 0 Å². The Hall–Kier alpha value is -1.00. The van der Waals surface area contributed by atoms with Gasteiger partial charge >= 0.3 is 0 Å². The van der Waals surface area contributed by atoms with Gasteiger partial charge in [-0.25, -0.2) is 4.99 Å². The molecule has 1 aromatic rings. The average molecular weight is 237 g/mol. The smallest absolute Gasteiger partial charge is 0.181 e. The van der Waals surface area contributed by atoms with E-state index in [4.69, 9.17) is 4.74 Å². The fraction of sp³-hybridized carbons (Fsp3) is 0.417. The van der Waals surface area contributed by atoms with E-state index in [-0.39, 0.29) is 18.8 Å². The molecule has 0 bridgehead atoms. The first-order chi connectivity index (χ1) is 7.74. The van der Waals surface area contributed by atoms with Gasteiger partial charge in [0.1, 0.15) is 12.1 Å². The van der Waals surface area contributed by atoms with Crippen LogP contribution >= 0.6 is 11.8 Å². The molecule has 1 aromatic carbocycles. The van der Waals surface area contributed by atoms with E-state index in [1.54, 1.807) is 11.8 Å². The molecular formula is C12H15NO2S. The van der Waals surface area contributed by atoms with Crippen molar-refractivity contribution in [3.8, 4) is 0 Å². The summed E-state index contributed by atoms with van der Waals surface area (Å²) in [4.78, 5) is 5.47. The highest BCUT2D eigenvalue weighted by Gasteiger charge is 2.29. The summed E-state index contributed by atoms with van der Waals surface area (Å²) in [5.41, 5.74) is 1.07. The van der Waals surface area contributed by atoms with E-state index in [9.17, 15) is 5.11 Å². The minimum absolute atomic E-state index is 0.0201. The number of hydrogen-bond acceptors (Lipinski definition) is 4. The van der Waals surface area contributed by atoms with Gasteiger partial charge in [-0.2, -0.15) is 0 Å². The Morgan fingerprint density at radius 3 is 2.62 bits per heavy atom. The highest BCUT2D eigenvalue weighted by atomic mass is 32.2. The standard InChI is InChI=1S/C12H15NO2S/c1-8-13-11(7-14)12(15-8)9-3-5-10(16-2)6-4-9/h3-6,11-12,14H,7H2,1-2H3/t11-,12-/m1/s1. The van der Waals surface area contributed by atoms with Crippen molar-refractivity contribution in [1.29, 1.82) is 0 Å². The Balaban J connectivity index is 2.18. The number of aliphatic hydroxyl groups is 1. The van der Waals surface area contributed by atoms with Gasteiger partial charge in [0.15, 0.2) is 5.90 Å². The lowest BCUT2D eigenvalue weighted by Gasteiger charge is -2.16. The molecule has 0 spiro atoms. The van der Waals surface area contributed by atoms with E-state index in [1.165, 1.54) is 4.90 Å². The first-order valence-corrected chi connectivity index (χ1v) is 6.43. The van der Waals surface area contributed by atoms with Gasteiger partial charge in [-0.3, -0.25) is 0 Å². The second-order valence-electron chi connectivity index (χ2n) is 3.71. The molecule has 4 heteroatoms. The van der Waals surface area contributed by atoms with Gasteiger partial charge in [0, 0.05) is 11.8 Å². The van der Waals surface area contributed by atoms with Gasteiger partial charge in [0.05, 0.1) is 6.61 Å². The van der Waals surface area contributed by atoms with Crippen LogP contribution in [-0.2, 0) is 4.74 Å². The number of benzene rings is 1. The summed E-state index contributed by atoms with van der Waals surface area (Å²) in [6.07, 6.45) is 1.91. The maximum atomic E-state index is 9.23. The lowest BCUT2D eigenvalue weighted by Crippen LogP contribution is -2.17. The van der Waals surface area contributed by atoms with E-state index >= 15 is 0 Å². The first-order valence-electron chi connectivity index (χ1n) is 5.20. The van der Waals surface area contributed by atoms with Gasteiger partial charge in [-0.05, 0) is 24.0 Å². The molecule has 2 atom stereocenters. The third kappa shape index (κ3) is 2.23. The number of aliphatic imine (C=N–C) groups is 1. The fourth-order valence-corrected chi connectivity index (χ4v) is 2.22. The summed E-state index contributed by atoms with van der Waals surface area (Å²) in [6, 6.07) is 8.03. The first kappa shape index (κ1) is 11.5. The lowest BCUT2D eigenvalue weighted by molar-refractivity contribution is 0.150. The second kappa shape index (κ2) is 4.89. The molecule has 0 aromatic heterocycles. The van der Waals surface area contributed by atoms with Crippen LogP contribution in [0, 0.1) is 0 Å². The molecule has 2 rings (SSSR count). The molecule has 0 amide bonds. The Kier molecular flexibility index (Phi) is 3.51. The predicted molar refractivity (Wildman–Crippen MR) is 66.0 cm³/mol. The van der Waals surface area contributed by atoms with Crippen LogP contribution in [0.15, 0.2) is 34.2 Å². The molecule has 3 nitrogen and oxygen atoms in total. The molecule has 16 heavy (non-hydrogen) atoms. The van der Waals surface area contributed by atoms with Crippen molar-refractivity contribution in [2.75, 3.05) is 12.9 Å². The van der Waals surface area contributed by atoms with Crippen molar-refractivity contribution in [1.82, 2.24) is 0 Å². The third-order valence-electron chi connectivity index (χ3n) is 2.63. The van der Waals surface area contributed by atoms with E-state index in [2.05, 4.69) is 17.1 Å². The normalized spacial score (nSPS) is 24.1. The van der Waals surface area contributed by atoms with E-state index in [0.29, 0.717) is 5.90 Å². The topological polar surface area (TPSA) is 41.8 Å². The van der Waals surface area contributed by atoms with Gasteiger partial charge in [-0.15, -0.1) is 11.8 Å². The zero-order valence-corrected chi connectivity index (χ0v) is 10.2. The quantitative estimate of drug-likeness (QED) is 0.820. The predicted octanol–water partition coefficient (Wildman–Crippen LogP) is 2.26. The van der Waals surface area contributed by atoms with Crippen LogP contribution in [0.2, 0.25) is 0 Å². The van der Waals surface area contributed by atoms with Crippen molar-refractivity contribution in [2.45, 2.75) is 24.0 Å². The van der Waals surface area contributed by atoms with Crippen molar-refractivity contribution >= 4 is 17.7 Å². The molecular weight excluding hydrogens is 222 g/mol. The van der Waals surface area contributed by atoms with Gasteiger partial charge in [-0.1, -0.05) is 12.1 Å². The molecule has 1 aliphatic heterocycles. The van der Waals surface area contributed by atoms with Crippen molar-refractivity contribution in [3.63, 3.8) is 0 Å².